The number of nitrogens with zero attached hydrogens (tertiary/aromatic N) is 2. The van der Waals surface area contributed by atoms with E-state index in [0.717, 1.165) is 18.4 Å². The van der Waals surface area contributed by atoms with Crippen molar-refractivity contribution < 1.29 is 22.7 Å². The Morgan fingerprint density at radius 2 is 1.93 bits per heavy atom. The Kier molecular flexibility index (Phi) is 7.33. The summed E-state index contributed by atoms with van der Waals surface area (Å²) >= 11 is 0. The number of ketones is 1. The molecule has 1 fully saturated rings. The number of Topliss-reactive ketones (excluding diaryl/α,β-unsaturated/α-hetero) is 1. The minimum absolute atomic E-state index is 0.103. The average Bonchev–Trinajstić information content (AvgIpc) is 2.77. The molecule has 8 heteroatoms. The van der Waals surface area contributed by atoms with Gasteiger partial charge in [-0.3, -0.25) is 14.6 Å². The van der Waals surface area contributed by atoms with Crippen molar-refractivity contribution in [2.75, 3.05) is 19.7 Å². The molecule has 2 heterocycles. The molecule has 30 heavy (non-hydrogen) atoms. The van der Waals surface area contributed by atoms with Gasteiger partial charge in [0.05, 0.1) is 17.4 Å². The Labute approximate surface area is 177 Å². The Morgan fingerprint density at radius 1 is 1.17 bits per heavy atom. The van der Waals surface area contributed by atoms with E-state index < -0.39 is 10.0 Å². The number of pyridine rings is 1. The van der Waals surface area contributed by atoms with Gasteiger partial charge in [-0.2, -0.15) is 4.31 Å². The van der Waals surface area contributed by atoms with Crippen LogP contribution in [0.15, 0.2) is 53.7 Å². The largest absolute Gasteiger partial charge is 0.465 e. The number of sulfonamides is 1. The maximum absolute atomic E-state index is 12.9. The van der Waals surface area contributed by atoms with Crippen LogP contribution in [0.3, 0.4) is 0 Å². The molecule has 2 aromatic rings. The molecule has 0 amide bonds. The van der Waals surface area contributed by atoms with Crippen LogP contribution in [0.2, 0.25) is 0 Å². The van der Waals surface area contributed by atoms with Crippen LogP contribution < -0.4 is 0 Å². The third-order valence-corrected chi connectivity index (χ3v) is 7.14. The smallest absolute Gasteiger partial charge is 0.309 e. The third-order valence-electron chi connectivity index (χ3n) is 5.24. The Bertz CT molecular complexity index is 984. The highest BCUT2D eigenvalue weighted by molar-refractivity contribution is 7.89. The molecule has 0 aliphatic carbocycles. The van der Waals surface area contributed by atoms with Crippen molar-refractivity contribution in [3.63, 3.8) is 0 Å². The number of hydrogen-bond acceptors (Lipinski definition) is 6. The van der Waals surface area contributed by atoms with Crippen molar-refractivity contribution in [3.05, 3.63) is 59.9 Å². The molecule has 0 atom stereocenters. The van der Waals surface area contributed by atoms with E-state index in [4.69, 9.17) is 4.74 Å². The first-order valence-corrected chi connectivity index (χ1v) is 11.5. The fourth-order valence-electron chi connectivity index (χ4n) is 3.47. The second-order valence-corrected chi connectivity index (χ2v) is 9.33. The lowest BCUT2D eigenvalue weighted by atomic mass is 9.98. The standard InChI is InChI=1S/C22H26N2O5S/c1-17(25)20-7-2-8-21(15-20)30(27,28)24-12-9-19(10-13-24)22(26)29-14-4-6-18-5-3-11-23-16-18/h2-3,5,7-8,11,15-16,19H,4,6,9-10,12-14H2,1H3. The van der Waals surface area contributed by atoms with Crippen LogP contribution in [0.5, 0.6) is 0 Å². The van der Waals surface area contributed by atoms with E-state index in [-0.39, 0.29) is 35.7 Å². The summed E-state index contributed by atoms with van der Waals surface area (Å²) in [5.74, 6) is -0.743. The summed E-state index contributed by atoms with van der Waals surface area (Å²) in [5.41, 5.74) is 1.46. The molecule has 0 spiro atoms. The number of aryl methyl sites for hydroxylation is 1. The first kappa shape index (κ1) is 22.1. The fourth-order valence-corrected chi connectivity index (χ4v) is 4.99. The molecule has 3 rings (SSSR count). The van der Waals surface area contributed by atoms with E-state index in [2.05, 4.69) is 4.98 Å². The molecular weight excluding hydrogens is 404 g/mol. The summed E-state index contributed by atoms with van der Waals surface area (Å²) in [5, 5.41) is 0. The summed E-state index contributed by atoms with van der Waals surface area (Å²) in [4.78, 5) is 28.0. The van der Waals surface area contributed by atoms with Gasteiger partial charge in [0.1, 0.15) is 0 Å². The molecular formula is C22H26N2O5S. The number of esters is 1. The predicted octanol–water partition coefficient (Wildman–Crippen LogP) is 2.86. The molecule has 0 N–H and O–H groups in total. The third kappa shape index (κ3) is 5.52. The zero-order valence-corrected chi connectivity index (χ0v) is 17.8. The SMILES string of the molecule is CC(=O)c1cccc(S(=O)(=O)N2CCC(C(=O)OCCCc3cccnc3)CC2)c1. The van der Waals surface area contributed by atoms with Gasteiger partial charge in [0, 0.05) is 31.0 Å². The predicted molar refractivity (Wildman–Crippen MR) is 111 cm³/mol. The van der Waals surface area contributed by atoms with E-state index in [1.807, 2.05) is 12.1 Å². The maximum atomic E-state index is 12.9. The number of aromatic nitrogens is 1. The molecule has 160 valence electrons. The molecule has 1 aromatic heterocycles. The van der Waals surface area contributed by atoms with Gasteiger partial charge in [-0.05, 0) is 56.4 Å². The van der Waals surface area contributed by atoms with E-state index in [1.54, 1.807) is 24.5 Å². The van der Waals surface area contributed by atoms with Crippen molar-refractivity contribution in [2.45, 2.75) is 37.5 Å². The second-order valence-electron chi connectivity index (χ2n) is 7.39. The lowest BCUT2D eigenvalue weighted by Crippen LogP contribution is -2.40. The van der Waals surface area contributed by atoms with Crippen molar-refractivity contribution in [1.29, 1.82) is 0 Å². The zero-order chi connectivity index (χ0) is 21.6. The molecule has 1 aliphatic rings. The van der Waals surface area contributed by atoms with Gasteiger partial charge in [-0.25, -0.2) is 8.42 Å². The Morgan fingerprint density at radius 3 is 2.60 bits per heavy atom. The molecule has 0 bridgehead atoms. The summed E-state index contributed by atoms with van der Waals surface area (Å²) < 4.78 is 32.5. The van der Waals surface area contributed by atoms with E-state index >= 15 is 0 Å². The highest BCUT2D eigenvalue weighted by Crippen LogP contribution is 2.25. The highest BCUT2D eigenvalue weighted by Gasteiger charge is 2.33. The maximum Gasteiger partial charge on any atom is 0.309 e. The topological polar surface area (TPSA) is 93.6 Å². The minimum atomic E-state index is -3.70. The second kappa shape index (κ2) is 9.95. The lowest BCUT2D eigenvalue weighted by Gasteiger charge is -2.30. The summed E-state index contributed by atoms with van der Waals surface area (Å²) in [6.07, 6.45) is 5.87. The van der Waals surface area contributed by atoms with Gasteiger partial charge in [0.2, 0.25) is 10.0 Å². The lowest BCUT2D eigenvalue weighted by molar-refractivity contribution is -0.149. The molecule has 1 aromatic carbocycles. The summed E-state index contributed by atoms with van der Waals surface area (Å²) in [7, 11) is -3.70. The zero-order valence-electron chi connectivity index (χ0n) is 17.0. The van der Waals surface area contributed by atoms with Gasteiger partial charge in [-0.1, -0.05) is 18.2 Å². The van der Waals surface area contributed by atoms with Gasteiger partial charge in [0.15, 0.2) is 5.78 Å². The molecule has 0 unspecified atom stereocenters. The van der Waals surface area contributed by atoms with Gasteiger partial charge in [0.25, 0.3) is 0 Å². The molecule has 1 saturated heterocycles. The average molecular weight is 431 g/mol. The molecule has 0 radical (unpaired) electrons. The number of hydrogen-bond donors (Lipinski definition) is 0. The van der Waals surface area contributed by atoms with Crippen LogP contribution in [0, 0.1) is 5.92 Å². The van der Waals surface area contributed by atoms with Crippen molar-refractivity contribution >= 4 is 21.8 Å². The van der Waals surface area contributed by atoms with Gasteiger partial charge < -0.3 is 4.74 Å². The monoisotopic (exact) mass is 430 g/mol. The number of carbonyl (C=O) groups is 2. The van der Waals surface area contributed by atoms with Gasteiger partial charge >= 0.3 is 5.97 Å². The Hall–Kier alpha value is -2.58. The first-order chi connectivity index (χ1) is 14.4. The van der Waals surface area contributed by atoms with Crippen molar-refractivity contribution in [1.82, 2.24) is 9.29 Å². The van der Waals surface area contributed by atoms with Crippen molar-refractivity contribution in [2.24, 2.45) is 5.92 Å². The normalized spacial score (nSPS) is 15.6. The molecule has 7 nitrogen and oxygen atoms in total. The van der Waals surface area contributed by atoms with Crippen LogP contribution in [0.25, 0.3) is 0 Å². The molecule has 1 aliphatic heterocycles. The minimum Gasteiger partial charge on any atom is -0.465 e. The van der Waals surface area contributed by atoms with Crippen LogP contribution in [0.1, 0.15) is 42.1 Å². The molecule has 0 saturated carbocycles. The van der Waals surface area contributed by atoms with Crippen molar-refractivity contribution in [3.8, 4) is 0 Å². The van der Waals surface area contributed by atoms with E-state index in [1.165, 1.54) is 23.4 Å². The van der Waals surface area contributed by atoms with Crippen LogP contribution in [-0.2, 0) is 26.0 Å². The summed E-state index contributed by atoms with van der Waals surface area (Å²) in [6, 6.07) is 9.92. The number of benzene rings is 1. The van der Waals surface area contributed by atoms with E-state index in [0.29, 0.717) is 25.0 Å². The summed E-state index contributed by atoms with van der Waals surface area (Å²) in [6.45, 7) is 2.24. The number of carbonyl (C=O) groups excluding carboxylic acids is 2. The van der Waals surface area contributed by atoms with Crippen LogP contribution in [-0.4, -0.2) is 49.2 Å². The highest BCUT2D eigenvalue weighted by atomic mass is 32.2. The van der Waals surface area contributed by atoms with Crippen LogP contribution in [0.4, 0.5) is 0 Å². The van der Waals surface area contributed by atoms with Gasteiger partial charge in [-0.15, -0.1) is 0 Å². The quantitative estimate of drug-likeness (QED) is 0.363. The number of ether oxygens (including phenoxy) is 1. The first-order valence-electron chi connectivity index (χ1n) is 10.0. The van der Waals surface area contributed by atoms with E-state index in [9.17, 15) is 18.0 Å². The number of rotatable bonds is 8. The van der Waals surface area contributed by atoms with Crippen LogP contribution >= 0.6 is 0 Å². The Balaban J connectivity index is 1.48. The fraction of sp³-hybridized carbons (Fsp3) is 0.409. The number of piperidine rings is 1.